The Morgan fingerprint density at radius 2 is 2.00 bits per heavy atom. The minimum atomic E-state index is 0.109. The molecule has 0 saturated heterocycles. The molecular weight excluding hydrogens is 274 g/mol. The summed E-state index contributed by atoms with van der Waals surface area (Å²) in [7, 11) is 0. The summed E-state index contributed by atoms with van der Waals surface area (Å²) in [5.74, 6) is 1.72. The molecule has 1 aromatic heterocycles. The van der Waals surface area contributed by atoms with Crippen molar-refractivity contribution in [2.24, 2.45) is 5.92 Å². The highest BCUT2D eigenvalue weighted by Crippen LogP contribution is 2.12. The lowest BCUT2D eigenvalue weighted by Crippen LogP contribution is -2.32. The fourth-order valence-corrected chi connectivity index (χ4v) is 2.61. The number of aromatic nitrogens is 2. The topological polar surface area (TPSA) is 57.8 Å². The van der Waals surface area contributed by atoms with Crippen LogP contribution in [0, 0.1) is 5.92 Å². The predicted octanol–water partition coefficient (Wildman–Crippen LogP) is 3.83. The first-order chi connectivity index (χ1) is 10.5. The minimum Gasteiger partial charge on any atom is -0.354 e. The number of H-pyrrole nitrogens is 1. The lowest BCUT2D eigenvalue weighted by molar-refractivity contribution is -0.121. The van der Waals surface area contributed by atoms with Gasteiger partial charge in [-0.05, 0) is 31.4 Å². The van der Waals surface area contributed by atoms with Gasteiger partial charge in [0, 0.05) is 18.9 Å². The standard InChI is InChI=1S/C18H27N3O/c1-13(2)7-6-8-14(3)19-18(22)12-11-17-20-15-9-4-5-10-16(15)21-17/h4-5,9-10,13-14H,6-8,11-12H2,1-3H3,(H,19,22)(H,20,21)/t14-/m0/s1. The fourth-order valence-electron chi connectivity index (χ4n) is 2.61. The second-order valence-electron chi connectivity index (χ2n) is 6.49. The van der Waals surface area contributed by atoms with Gasteiger partial charge in [-0.2, -0.15) is 0 Å². The Labute approximate surface area is 132 Å². The number of benzene rings is 1. The van der Waals surface area contributed by atoms with E-state index in [-0.39, 0.29) is 11.9 Å². The number of aryl methyl sites for hydroxylation is 1. The van der Waals surface area contributed by atoms with E-state index in [1.165, 1.54) is 12.8 Å². The monoisotopic (exact) mass is 301 g/mol. The molecule has 4 heteroatoms. The van der Waals surface area contributed by atoms with Crippen molar-refractivity contribution in [1.29, 1.82) is 0 Å². The number of rotatable bonds is 8. The summed E-state index contributed by atoms with van der Waals surface area (Å²) in [5, 5.41) is 3.08. The Hall–Kier alpha value is -1.84. The van der Waals surface area contributed by atoms with E-state index in [4.69, 9.17) is 0 Å². The number of carbonyl (C=O) groups is 1. The third kappa shape index (κ3) is 5.17. The number of para-hydroxylation sites is 2. The number of carbonyl (C=O) groups excluding carboxylic acids is 1. The van der Waals surface area contributed by atoms with Gasteiger partial charge in [-0.15, -0.1) is 0 Å². The Morgan fingerprint density at radius 1 is 1.23 bits per heavy atom. The van der Waals surface area contributed by atoms with Gasteiger partial charge in [0.25, 0.3) is 0 Å². The second kappa shape index (κ2) is 7.97. The van der Waals surface area contributed by atoms with Gasteiger partial charge in [0.05, 0.1) is 11.0 Å². The normalized spacial score (nSPS) is 12.7. The lowest BCUT2D eigenvalue weighted by atomic mass is 10.0. The van der Waals surface area contributed by atoms with Crippen LogP contribution in [-0.4, -0.2) is 21.9 Å². The summed E-state index contributed by atoms with van der Waals surface area (Å²) in [6, 6.07) is 8.19. The molecule has 1 heterocycles. The van der Waals surface area contributed by atoms with Crippen LogP contribution in [0.5, 0.6) is 0 Å². The number of fused-ring (bicyclic) bond motifs is 1. The van der Waals surface area contributed by atoms with Gasteiger partial charge in [0.15, 0.2) is 0 Å². The van der Waals surface area contributed by atoms with E-state index in [2.05, 4.69) is 36.1 Å². The number of imidazole rings is 1. The molecule has 22 heavy (non-hydrogen) atoms. The Morgan fingerprint density at radius 3 is 2.73 bits per heavy atom. The van der Waals surface area contributed by atoms with Gasteiger partial charge in [-0.25, -0.2) is 4.98 Å². The van der Waals surface area contributed by atoms with E-state index in [9.17, 15) is 4.79 Å². The van der Waals surface area contributed by atoms with Gasteiger partial charge in [-0.1, -0.05) is 38.8 Å². The van der Waals surface area contributed by atoms with Crippen LogP contribution in [0.25, 0.3) is 11.0 Å². The zero-order chi connectivity index (χ0) is 15.9. The first-order valence-electron chi connectivity index (χ1n) is 8.27. The van der Waals surface area contributed by atoms with Crippen molar-refractivity contribution in [2.45, 2.75) is 58.9 Å². The number of hydrogen-bond donors (Lipinski definition) is 2. The van der Waals surface area contributed by atoms with Crippen molar-refractivity contribution in [3.63, 3.8) is 0 Å². The Kier molecular flexibility index (Phi) is 5.99. The van der Waals surface area contributed by atoms with E-state index < -0.39 is 0 Å². The van der Waals surface area contributed by atoms with E-state index in [1.807, 2.05) is 24.3 Å². The molecule has 2 aromatic rings. The molecule has 0 radical (unpaired) electrons. The van der Waals surface area contributed by atoms with Crippen LogP contribution in [0.1, 0.15) is 52.3 Å². The molecule has 0 bridgehead atoms. The molecule has 1 amide bonds. The minimum absolute atomic E-state index is 0.109. The lowest BCUT2D eigenvalue weighted by Gasteiger charge is -2.14. The number of amides is 1. The summed E-state index contributed by atoms with van der Waals surface area (Å²) >= 11 is 0. The number of aromatic amines is 1. The third-order valence-electron chi connectivity index (χ3n) is 3.85. The Balaban J connectivity index is 1.73. The SMILES string of the molecule is CC(C)CCC[C@H](C)NC(=O)CCc1nc2ccccc2[nH]1. The van der Waals surface area contributed by atoms with Gasteiger partial charge < -0.3 is 10.3 Å². The van der Waals surface area contributed by atoms with Gasteiger partial charge >= 0.3 is 0 Å². The van der Waals surface area contributed by atoms with Crippen LogP contribution in [0.2, 0.25) is 0 Å². The van der Waals surface area contributed by atoms with Crippen LogP contribution >= 0.6 is 0 Å². The Bertz CT molecular complexity index is 570. The molecule has 1 atom stereocenters. The molecule has 0 spiro atoms. The van der Waals surface area contributed by atoms with Crippen LogP contribution < -0.4 is 5.32 Å². The number of nitrogens with one attached hydrogen (secondary N) is 2. The first kappa shape index (κ1) is 16.5. The molecule has 2 rings (SSSR count). The molecule has 1 aromatic carbocycles. The van der Waals surface area contributed by atoms with Crippen molar-refractivity contribution in [2.75, 3.05) is 0 Å². The van der Waals surface area contributed by atoms with Crippen molar-refractivity contribution in [3.8, 4) is 0 Å². The van der Waals surface area contributed by atoms with Crippen molar-refractivity contribution in [3.05, 3.63) is 30.1 Å². The van der Waals surface area contributed by atoms with Crippen LogP contribution in [0.3, 0.4) is 0 Å². The molecule has 0 aliphatic rings. The molecule has 2 N–H and O–H groups in total. The fraction of sp³-hybridized carbons (Fsp3) is 0.556. The maximum Gasteiger partial charge on any atom is 0.220 e. The highest BCUT2D eigenvalue weighted by atomic mass is 16.1. The first-order valence-corrected chi connectivity index (χ1v) is 8.27. The summed E-state index contributed by atoms with van der Waals surface area (Å²) in [4.78, 5) is 19.7. The van der Waals surface area contributed by atoms with E-state index in [0.717, 1.165) is 29.2 Å². The van der Waals surface area contributed by atoms with Crippen molar-refractivity contribution < 1.29 is 4.79 Å². The smallest absolute Gasteiger partial charge is 0.220 e. The third-order valence-corrected chi connectivity index (χ3v) is 3.85. The molecule has 4 nitrogen and oxygen atoms in total. The van der Waals surface area contributed by atoms with Gasteiger partial charge in [0.1, 0.15) is 5.82 Å². The summed E-state index contributed by atoms with van der Waals surface area (Å²) < 4.78 is 0. The number of nitrogens with zero attached hydrogens (tertiary/aromatic N) is 1. The molecule has 0 aliphatic carbocycles. The van der Waals surface area contributed by atoms with Gasteiger partial charge in [0.2, 0.25) is 5.91 Å². The molecular formula is C18H27N3O. The van der Waals surface area contributed by atoms with E-state index >= 15 is 0 Å². The van der Waals surface area contributed by atoms with Crippen LogP contribution in [0.15, 0.2) is 24.3 Å². The maximum absolute atomic E-state index is 12.0. The summed E-state index contributed by atoms with van der Waals surface area (Å²) in [6.45, 7) is 6.55. The van der Waals surface area contributed by atoms with E-state index in [1.54, 1.807) is 0 Å². The van der Waals surface area contributed by atoms with Gasteiger partial charge in [-0.3, -0.25) is 4.79 Å². The summed E-state index contributed by atoms with van der Waals surface area (Å²) in [6.07, 6.45) is 4.57. The quantitative estimate of drug-likeness (QED) is 0.778. The molecule has 0 aliphatic heterocycles. The highest BCUT2D eigenvalue weighted by Gasteiger charge is 2.09. The largest absolute Gasteiger partial charge is 0.354 e. The highest BCUT2D eigenvalue weighted by molar-refractivity contribution is 5.77. The molecule has 120 valence electrons. The molecule has 0 saturated carbocycles. The average Bonchev–Trinajstić information content (AvgIpc) is 2.87. The number of hydrogen-bond acceptors (Lipinski definition) is 2. The average molecular weight is 301 g/mol. The zero-order valence-electron chi connectivity index (χ0n) is 13.9. The predicted molar refractivity (Wildman–Crippen MR) is 90.7 cm³/mol. The molecule has 0 fully saturated rings. The van der Waals surface area contributed by atoms with Crippen LogP contribution in [0.4, 0.5) is 0 Å². The van der Waals surface area contributed by atoms with Crippen molar-refractivity contribution in [1.82, 2.24) is 15.3 Å². The molecule has 0 unspecified atom stereocenters. The van der Waals surface area contributed by atoms with Crippen molar-refractivity contribution >= 4 is 16.9 Å². The maximum atomic E-state index is 12.0. The second-order valence-corrected chi connectivity index (χ2v) is 6.49. The van der Waals surface area contributed by atoms with E-state index in [0.29, 0.717) is 12.8 Å². The summed E-state index contributed by atoms with van der Waals surface area (Å²) in [5.41, 5.74) is 1.99. The zero-order valence-corrected chi connectivity index (χ0v) is 13.9. The van der Waals surface area contributed by atoms with Crippen LogP contribution in [-0.2, 0) is 11.2 Å².